The smallest absolute Gasteiger partial charge is 0.316 e. The summed E-state index contributed by atoms with van der Waals surface area (Å²) >= 11 is 3.27. The molecule has 1 aliphatic carbocycles. The van der Waals surface area contributed by atoms with Crippen molar-refractivity contribution in [2.75, 3.05) is 18.1 Å². The van der Waals surface area contributed by atoms with Crippen LogP contribution < -0.4 is 0 Å². The first kappa shape index (κ1) is 16.2. The van der Waals surface area contributed by atoms with Gasteiger partial charge in [-0.05, 0) is 30.6 Å². The molecule has 2 aliphatic rings. The number of ether oxygens (including phenoxy) is 1. The zero-order valence-corrected chi connectivity index (χ0v) is 14.3. The third-order valence-corrected chi connectivity index (χ3v) is 6.34. The number of esters is 1. The number of carbonyl (C=O) groups is 1. The van der Waals surface area contributed by atoms with Gasteiger partial charge in [-0.15, -0.1) is 0 Å². The molecule has 5 heteroatoms. The Balaban J connectivity index is 1.80. The molecule has 0 unspecified atom stereocenters. The minimum Gasteiger partial charge on any atom is -0.461 e. The van der Waals surface area contributed by atoms with Crippen LogP contribution in [0.1, 0.15) is 40.0 Å². The summed E-state index contributed by atoms with van der Waals surface area (Å²) in [6.45, 7) is 7.62. The molecule has 2 rings (SSSR count). The van der Waals surface area contributed by atoms with Gasteiger partial charge in [0.2, 0.25) is 0 Å². The van der Waals surface area contributed by atoms with Crippen molar-refractivity contribution >= 4 is 33.9 Å². The van der Waals surface area contributed by atoms with Crippen LogP contribution in [0.15, 0.2) is 4.99 Å². The summed E-state index contributed by atoms with van der Waals surface area (Å²) < 4.78 is 6.81. The van der Waals surface area contributed by atoms with E-state index < -0.39 is 0 Å². The normalized spacial score (nSPS) is 30.4. The molecule has 0 aromatic carbocycles. The second-order valence-corrected chi connectivity index (χ2v) is 8.45. The molecular formula is C15H25NO2S2. The number of aliphatic imine (C=N–C) groups is 1. The average Bonchev–Trinajstić information content (AvgIpc) is 2.89. The standard InChI is InChI=1S/C15H25NO2S2/c1-10(2)12-5-4-11(3)8-13(12)18-14(17)9-20-15-16-6-7-19-15/h10-13H,4-9H2,1-3H3/t11-,12+,13-/m1/s1. The van der Waals surface area contributed by atoms with Crippen LogP contribution in [-0.2, 0) is 9.53 Å². The zero-order valence-electron chi connectivity index (χ0n) is 12.6. The van der Waals surface area contributed by atoms with Crippen molar-refractivity contribution in [1.82, 2.24) is 0 Å². The number of carbonyl (C=O) groups excluding carboxylic acids is 1. The van der Waals surface area contributed by atoms with Gasteiger partial charge >= 0.3 is 5.97 Å². The maximum Gasteiger partial charge on any atom is 0.316 e. The molecule has 0 N–H and O–H groups in total. The van der Waals surface area contributed by atoms with E-state index in [1.54, 1.807) is 11.8 Å². The van der Waals surface area contributed by atoms with Crippen LogP contribution in [0.3, 0.4) is 0 Å². The molecule has 0 spiro atoms. The van der Waals surface area contributed by atoms with Crippen molar-refractivity contribution in [3.8, 4) is 0 Å². The highest BCUT2D eigenvalue weighted by molar-refractivity contribution is 8.39. The lowest BCUT2D eigenvalue weighted by molar-refractivity contribution is -0.152. The van der Waals surface area contributed by atoms with Gasteiger partial charge in [0.1, 0.15) is 10.5 Å². The minimum absolute atomic E-state index is 0.0741. The van der Waals surface area contributed by atoms with E-state index >= 15 is 0 Å². The van der Waals surface area contributed by atoms with Crippen LogP contribution in [0.4, 0.5) is 0 Å². The lowest BCUT2D eigenvalue weighted by atomic mass is 9.75. The van der Waals surface area contributed by atoms with E-state index in [0.29, 0.717) is 23.5 Å². The predicted octanol–water partition coefficient (Wildman–Crippen LogP) is 3.83. The molecule has 20 heavy (non-hydrogen) atoms. The molecule has 1 heterocycles. The Bertz CT molecular complexity index is 371. The van der Waals surface area contributed by atoms with Crippen LogP contribution in [-0.4, -0.2) is 34.5 Å². The Morgan fingerprint density at radius 1 is 1.50 bits per heavy atom. The molecule has 0 aromatic heterocycles. The highest BCUT2D eigenvalue weighted by atomic mass is 32.2. The number of thioether (sulfide) groups is 2. The molecule has 0 saturated heterocycles. The lowest BCUT2D eigenvalue weighted by Gasteiger charge is -2.36. The van der Waals surface area contributed by atoms with Crippen LogP contribution in [0.25, 0.3) is 0 Å². The van der Waals surface area contributed by atoms with Crippen molar-refractivity contribution in [3.63, 3.8) is 0 Å². The van der Waals surface area contributed by atoms with Crippen molar-refractivity contribution in [3.05, 3.63) is 0 Å². The zero-order chi connectivity index (χ0) is 14.5. The van der Waals surface area contributed by atoms with E-state index in [0.717, 1.165) is 23.1 Å². The second kappa shape index (κ2) is 7.74. The molecule has 0 aromatic rings. The number of hydrogen-bond acceptors (Lipinski definition) is 5. The molecule has 3 nitrogen and oxygen atoms in total. The van der Waals surface area contributed by atoms with Gasteiger partial charge in [-0.2, -0.15) is 0 Å². The van der Waals surface area contributed by atoms with E-state index in [-0.39, 0.29) is 12.1 Å². The molecule has 0 radical (unpaired) electrons. The van der Waals surface area contributed by atoms with Gasteiger partial charge in [0.15, 0.2) is 0 Å². The Hall–Kier alpha value is -0.160. The summed E-state index contributed by atoms with van der Waals surface area (Å²) in [5.74, 6) is 3.16. The monoisotopic (exact) mass is 315 g/mol. The molecule has 1 fully saturated rings. The van der Waals surface area contributed by atoms with Gasteiger partial charge in [-0.3, -0.25) is 9.79 Å². The molecule has 1 aliphatic heterocycles. The van der Waals surface area contributed by atoms with Crippen molar-refractivity contribution in [2.24, 2.45) is 22.7 Å². The van der Waals surface area contributed by atoms with E-state index in [1.807, 2.05) is 0 Å². The van der Waals surface area contributed by atoms with Crippen LogP contribution in [0.2, 0.25) is 0 Å². The van der Waals surface area contributed by atoms with Crippen LogP contribution >= 0.6 is 23.5 Å². The summed E-state index contributed by atoms with van der Waals surface area (Å²) in [4.78, 5) is 16.4. The fourth-order valence-corrected chi connectivity index (χ4v) is 4.77. The summed E-state index contributed by atoms with van der Waals surface area (Å²) in [5, 5.41) is 0. The first-order chi connectivity index (χ1) is 9.56. The third kappa shape index (κ3) is 4.69. The first-order valence-corrected chi connectivity index (χ1v) is 9.53. The molecule has 114 valence electrons. The van der Waals surface area contributed by atoms with Gasteiger partial charge in [-0.1, -0.05) is 50.7 Å². The Kier molecular flexibility index (Phi) is 6.27. The van der Waals surface area contributed by atoms with Gasteiger partial charge in [0, 0.05) is 5.75 Å². The fraction of sp³-hybridized carbons (Fsp3) is 0.867. The van der Waals surface area contributed by atoms with Crippen molar-refractivity contribution in [2.45, 2.75) is 46.1 Å². The topological polar surface area (TPSA) is 38.7 Å². The highest BCUT2D eigenvalue weighted by Gasteiger charge is 2.33. The SMILES string of the molecule is CC(C)[C@@H]1CC[C@@H](C)C[C@H]1OC(=O)CSC1=NCCS1. The average molecular weight is 316 g/mol. The third-order valence-electron chi connectivity index (χ3n) is 4.12. The maximum atomic E-state index is 12.0. The van der Waals surface area contributed by atoms with Gasteiger partial charge in [0.25, 0.3) is 0 Å². The lowest BCUT2D eigenvalue weighted by Crippen LogP contribution is -2.36. The molecule has 0 bridgehead atoms. The molecule has 0 amide bonds. The van der Waals surface area contributed by atoms with E-state index in [1.165, 1.54) is 24.6 Å². The van der Waals surface area contributed by atoms with E-state index in [4.69, 9.17) is 4.74 Å². The van der Waals surface area contributed by atoms with Crippen LogP contribution in [0, 0.1) is 17.8 Å². The summed E-state index contributed by atoms with van der Waals surface area (Å²) in [5.41, 5.74) is 0. The van der Waals surface area contributed by atoms with Crippen LogP contribution in [0.5, 0.6) is 0 Å². The van der Waals surface area contributed by atoms with Gasteiger partial charge in [-0.25, -0.2) is 0 Å². The summed E-state index contributed by atoms with van der Waals surface area (Å²) in [6, 6.07) is 0. The molecule has 1 saturated carbocycles. The summed E-state index contributed by atoms with van der Waals surface area (Å²) in [7, 11) is 0. The quantitative estimate of drug-likeness (QED) is 0.739. The Labute approximate surface area is 130 Å². The number of rotatable bonds is 4. The molecule has 3 atom stereocenters. The van der Waals surface area contributed by atoms with E-state index in [2.05, 4.69) is 25.8 Å². The fourth-order valence-electron chi connectivity index (χ4n) is 2.98. The van der Waals surface area contributed by atoms with Crippen molar-refractivity contribution in [1.29, 1.82) is 0 Å². The largest absolute Gasteiger partial charge is 0.461 e. The number of hydrogen-bond donors (Lipinski definition) is 0. The van der Waals surface area contributed by atoms with Gasteiger partial charge in [0.05, 0.1) is 12.3 Å². The van der Waals surface area contributed by atoms with Gasteiger partial charge < -0.3 is 4.74 Å². The van der Waals surface area contributed by atoms with E-state index in [9.17, 15) is 4.79 Å². The highest BCUT2D eigenvalue weighted by Crippen LogP contribution is 2.35. The minimum atomic E-state index is -0.0741. The van der Waals surface area contributed by atoms with Crippen molar-refractivity contribution < 1.29 is 9.53 Å². The Morgan fingerprint density at radius 2 is 2.30 bits per heavy atom. The Morgan fingerprint density at radius 3 is 2.95 bits per heavy atom. The first-order valence-electron chi connectivity index (χ1n) is 7.55. The number of nitrogens with zero attached hydrogens (tertiary/aromatic N) is 1. The summed E-state index contributed by atoms with van der Waals surface area (Å²) in [6.07, 6.45) is 3.59. The molecular weight excluding hydrogens is 290 g/mol. The second-order valence-electron chi connectivity index (χ2n) is 6.14. The predicted molar refractivity (Wildman–Crippen MR) is 88.4 cm³/mol. The maximum absolute atomic E-state index is 12.0.